The van der Waals surface area contributed by atoms with Crippen LogP contribution in [0.15, 0.2) is 72.8 Å². The minimum absolute atomic E-state index is 0.0680. The number of Topliss-reactive ketones (excluding diaryl/α,β-unsaturated/α-hetero) is 2. The highest BCUT2D eigenvalue weighted by atomic mass is 16.3. The number of phenols is 2. The van der Waals surface area contributed by atoms with Gasteiger partial charge in [-0.05, 0) is 102 Å². The number of rotatable bonds is 8. The summed E-state index contributed by atoms with van der Waals surface area (Å²) in [6.45, 7) is 25.1. The Labute approximate surface area is 311 Å². The SMILES string of the molecule is CC(C)(C)c1cc(CCC(=O)c2ccc3cc4ccccc4cc3c2C(=O)CCc2cc(C(C)(C)C)c(O)c(C(C)(C)C)c2)cc(C(C)(C)C)c1O. The molecule has 274 valence electrons. The predicted octanol–water partition coefficient (Wildman–Crippen LogP) is 12.2. The molecule has 4 nitrogen and oxygen atoms in total. The van der Waals surface area contributed by atoms with Gasteiger partial charge in [0.25, 0.3) is 0 Å². The highest BCUT2D eigenvalue weighted by molar-refractivity contribution is 6.18. The number of benzene rings is 5. The molecule has 0 radical (unpaired) electrons. The van der Waals surface area contributed by atoms with Crippen LogP contribution in [0, 0.1) is 0 Å². The van der Waals surface area contributed by atoms with Crippen LogP contribution in [-0.2, 0) is 34.5 Å². The number of aryl methyl sites for hydroxylation is 2. The molecule has 0 bridgehead atoms. The minimum atomic E-state index is -0.279. The van der Waals surface area contributed by atoms with Crippen LogP contribution in [0.4, 0.5) is 0 Å². The summed E-state index contributed by atoms with van der Waals surface area (Å²) in [6, 6.07) is 24.2. The lowest BCUT2D eigenvalue weighted by atomic mass is 9.77. The maximum absolute atomic E-state index is 14.5. The van der Waals surface area contributed by atoms with Crippen LogP contribution < -0.4 is 0 Å². The van der Waals surface area contributed by atoms with E-state index >= 15 is 0 Å². The van der Waals surface area contributed by atoms with E-state index in [2.05, 4.69) is 101 Å². The van der Waals surface area contributed by atoms with Gasteiger partial charge in [-0.1, -0.05) is 144 Å². The van der Waals surface area contributed by atoms with Gasteiger partial charge in [0.2, 0.25) is 0 Å². The maximum Gasteiger partial charge on any atom is 0.164 e. The molecule has 0 heterocycles. The normalized spacial score (nSPS) is 12.8. The first-order valence-corrected chi connectivity index (χ1v) is 18.7. The molecule has 5 aromatic rings. The average molecular weight is 699 g/mol. The maximum atomic E-state index is 14.5. The molecule has 0 fully saturated rings. The van der Waals surface area contributed by atoms with Crippen molar-refractivity contribution in [1.29, 1.82) is 0 Å². The van der Waals surface area contributed by atoms with Crippen molar-refractivity contribution in [2.45, 2.75) is 130 Å². The van der Waals surface area contributed by atoms with Crippen LogP contribution in [0.1, 0.15) is 150 Å². The largest absolute Gasteiger partial charge is 0.507 e. The molecule has 0 saturated heterocycles. The number of aromatic hydroxyl groups is 2. The van der Waals surface area contributed by atoms with Crippen molar-refractivity contribution in [3.63, 3.8) is 0 Å². The molecule has 0 aliphatic heterocycles. The van der Waals surface area contributed by atoms with Crippen molar-refractivity contribution in [3.05, 3.63) is 117 Å². The third kappa shape index (κ3) is 8.12. The number of carbonyl (C=O) groups is 2. The molecule has 0 aliphatic rings. The Hall–Kier alpha value is -4.44. The van der Waals surface area contributed by atoms with Gasteiger partial charge < -0.3 is 10.2 Å². The fraction of sp³-hybridized carbons (Fsp3) is 0.417. The fourth-order valence-electron chi connectivity index (χ4n) is 7.29. The van der Waals surface area contributed by atoms with Crippen LogP contribution in [-0.4, -0.2) is 21.8 Å². The van der Waals surface area contributed by atoms with Crippen molar-refractivity contribution in [3.8, 4) is 11.5 Å². The standard InChI is InChI=1S/C48H58O4/c1-45(2,3)36-23-29(24-37(43(36)51)46(4,5)6)17-21-40(49)34-20-19-33-27-31-15-13-14-16-32(31)28-35(33)42(34)41(50)22-18-30-25-38(47(7,8)9)44(52)39(26-30)48(10,11)12/h13-16,19-20,23-28,51-52H,17-18,21-22H2,1-12H3. The first-order valence-electron chi connectivity index (χ1n) is 18.7. The Morgan fingerprint density at radius 3 is 1.27 bits per heavy atom. The first kappa shape index (κ1) is 38.8. The molecule has 5 aromatic carbocycles. The summed E-state index contributed by atoms with van der Waals surface area (Å²) in [7, 11) is 0. The van der Waals surface area contributed by atoms with Gasteiger partial charge in [-0.25, -0.2) is 0 Å². The van der Waals surface area contributed by atoms with Gasteiger partial charge in [-0.15, -0.1) is 0 Å². The van der Waals surface area contributed by atoms with Gasteiger partial charge in [0.15, 0.2) is 11.6 Å². The lowest BCUT2D eigenvalue weighted by Crippen LogP contribution is -2.18. The van der Waals surface area contributed by atoms with Gasteiger partial charge in [0.05, 0.1) is 0 Å². The quantitative estimate of drug-likeness (QED) is 0.125. The number of ketones is 2. The smallest absolute Gasteiger partial charge is 0.164 e. The molecule has 5 rings (SSSR count). The Bertz CT molecular complexity index is 2100. The Balaban J connectivity index is 1.55. The zero-order valence-electron chi connectivity index (χ0n) is 33.5. The summed E-state index contributed by atoms with van der Waals surface area (Å²) in [4.78, 5) is 28.8. The van der Waals surface area contributed by atoms with Gasteiger partial charge in [0, 0.05) is 24.0 Å². The molecule has 0 amide bonds. The number of hydrogen-bond donors (Lipinski definition) is 2. The van der Waals surface area contributed by atoms with E-state index in [1.807, 2.05) is 54.6 Å². The van der Waals surface area contributed by atoms with E-state index in [4.69, 9.17) is 0 Å². The fourth-order valence-corrected chi connectivity index (χ4v) is 7.29. The van der Waals surface area contributed by atoms with E-state index in [1.165, 1.54) is 0 Å². The highest BCUT2D eigenvalue weighted by Gasteiger charge is 2.29. The molecule has 0 aromatic heterocycles. The number of fused-ring (bicyclic) bond motifs is 2. The van der Waals surface area contributed by atoms with Crippen molar-refractivity contribution < 1.29 is 19.8 Å². The molecule has 0 atom stereocenters. The lowest BCUT2D eigenvalue weighted by Gasteiger charge is -2.28. The molecule has 0 spiro atoms. The van der Waals surface area contributed by atoms with Crippen molar-refractivity contribution in [2.75, 3.05) is 0 Å². The second-order valence-corrected chi connectivity index (χ2v) is 18.8. The zero-order valence-corrected chi connectivity index (χ0v) is 33.5. The Morgan fingerprint density at radius 2 is 0.865 bits per heavy atom. The second-order valence-electron chi connectivity index (χ2n) is 18.8. The monoisotopic (exact) mass is 698 g/mol. The van der Waals surface area contributed by atoms with Gasteiger partial charge in [-0.3, -0.25) is 9.59 Å². The van der Waals surface area contributed by atoms with E-state index in [0.717, 1.165) is 54.9 Å². The van der Waals surface area contributed by atoms with E-state index in [0.29, 0.717) is 35.5 Å². The molecule has 52 heavy (non-hydrogen) atoms. The van der Waals surface area contributed by atoms with E-state index in [-0.39, 0.29) is 46.1 Å². The van der Waals surface area contributed by atoms with Crippen LogP contribution in [0.25, 0.3) is 21.5 Å². The molecular weight excluding hydrogens is 641 g/mol. The molecule has 0 unspecified atom stereocenters. The van der Waals surface area contributed by atoms with Crippen molar-refractivity contribution in [2.24, 2.45) is 0 Å². The summed E-state index contributed by atoms with van der Waals surface area (Å²) in [5, 5.41) is 26.4. The van der Waals surface area contributed by atoms with Crippen LogP contribution in [0.2, 0.25) is 0 Å². The summed E-state index contributed by atoms with van der Waals surface area (Å²) < 4.78 is 0. The molecule has 2 N–H and O–H groups in total. The van der Waals surface area contributed by atoms with E-state index in [1.54, 1.807) is 0 Å². The summed E-state index contributed by atoms with van der Waals surface area (Å²) in [6.07, 6.45) is 1.44. The Kier molecular flexibility index (Phi) is 10.3. The second kappa shape index (κ2) is 13.8. The third-order valence-electron chi connectivity index (χ3n) is 10.3. The van der Waals surface area contributed by atoms with Crippen LogP contribution in [0.5, 0.6) is 11.5 Å². The summed E-state index contributed by atoms with van der Waals surface area (Å²) in [5.41, 5.74) is 5.30. The first-order chi connectivity index (χ1) is 24.0. The molecule has 4 heteroatoms. The minimum Gasteiger partial charge on any atom is -0.507 e. The summed E-state index contributed by atoms with van der Waals surface area (Å²) >= 11 is 0. The van der Waals surface area contributed by atoms with Crippen molar-refractivity contribution >= 4 is 33.1 Å². The van der Waals surface area contributed by atoms with Crippen molar-refractivity contribution in [1.82, 2.24) is 0 Å². The Morgan fingerprint density at radius 1 is 0.481 bits per heavy atom. The van der Waals surface area contributed by atoms with E-state index in [9.17, 15) is 19.8 Å². The average Bonchev–Trinajstić information content (AvgIpc) is 3.03. The molecule has 0 aliphatic carbocycles. The van der Waals surface area contributed by atoms with Gasteiger partial charge in [0.1, 0.15) is 11.5 Å². The zero-order chi connectivity index (χ0) is 38.6. The molecule has 0 saturated carbocycles. The molecular formula is C48H58O4. The number of carbonyl (C=O) groups excluding carboxylic acids is 2. The van der Waals surface area contributed by atoms with Crippen LogP contribution >= 0.6 is 0 Å². The van der Waals surface area contributed by atoms with Crippen LogP contribution in [0.3, 0.4) is 0 Å². The topological polar surface area (TPSA) is 74.6 Å². The third-order valence-corrected chi connectivity index (χ3v) is 10.3. The summed E-state index contributed by atoms with van der Waals surface area (Å²) in [5.74, 6) is 0.502. The number of hydrogen-bond acceptors (Lipinski definition) is 4. The van der Waals surface area contributed by atoms with E-state index < -0.39 is 0 Å². The number of phenolic OH excluding ortho intramolecular Hbond substituents is 2. The lowest BCUT2D eigenvalue weighted by molar-refractivity contribution is 0.0951. The van der Waals surface area contributed by atoms with Gasteiger partial charge in [-0.2, -0.15) is 0 Å². The highest BCUT2D eigenvalue weighted by Crippen LogP contribution is 2.42. The van der Waals surface area contributed by atoms with Gasteiger partial charge >= 0.3 is 0 Å². The predicted molar refractivity (Wildman–Crippen MR) is 218 cm³/mol.